The zero-order chi connectivity index (χ0) is 16.8. The van der Waals surface area contributed by atoms with E-state index in [-0.39, 0.29) is 5.91 Å². The molecule has 0 unspecified atom stereocenters. The summed E-state index contributed by atoms with van der Waals surface area (Å²) < 4.78 is 5.94. The molecule has 23 heavy (non-hydrogen) atoms. The molecule has 2 rings (SSSR count). The summed E-state index contributed by atoms with van der Waals surface area (Å²) in [5, 5.41) is 0. The second-order valence-electron chi connectivity index (χ2n) is 4.86. The second kappa shape index (κ2) is 7.87. The highest BCUT2D eigenvalue weighted by atomic mass is 79.9. The Balaban J connectivity index is 2.08. The van der Waals surface area contributed by atoms with Gasteiger partial charge >= 0.3 is 5.97 Å². The molecule has 0 aliphatic carbocycles. The average Bonchev–Trinajstić information content (AvgIpc) is 2.56. The molecule has 120 valence electrons. The lowest BCUT2D eigenvalue weighted by atomic mass is 10.2. The number of likely N-dealkylation sites (N-methyl/N-ethyl adjacent to an activating group) is 1. The van der Waals surface area contributed by atoms with Gasteiger partial charge in [0.2, 0.25) is 0 Å². The van der Waals surface area contributed by atoms with E-state index in [4.69, 9.17) is 4.74 Å². The first kappa shape index (κ1) is 17.1. The number of benzene rings is 1. The lowest BCUT2D eigenvalue weighted by Crippen LogP contribution is -2.40. The third-order valence-electron chi connectivity index (χ3n) is 3.22. The highest BCUT2D eigenvalue weighted by Gasteiger charge is 2.24. The molecule has 6 heteroatoms. The van der Waals surface area contributed by atoms with Gasteiger partial charge in [-0.25, -0.2) is 4.79 Å². The fraction of sp³-hybridized carbons (Fsp3) is 0.235. The predicted octanol–water partition coefficient (Wildman–Crippen LogP) is 3.44. The highest BCUT2D eigenvalue weighted by molar-refractivity contribution is 9.10. The maximum atomic E-state index is 12.5. The van der Waals surface area contributed by atoms with Gasteiger partial charge < -0.3 is 9.64 Å². The summed E-state index contributed by atoms with van der Waals surface area (Å²) in [5.41, 5.74) is 1.06. The van der Waals surface area contributed by atoms with E-state index in [9.17, 15) is 9.59 Å². The monoisotopic (exact) mass is 376 g/mol. The smallest absolute Gasteiger partial charge is 0.340 e. The Kier molecular flexibility index (Phi) is 5.87. The molecular formula is C17H17BrN2O3. The summed E-state index contributed by atoms with van der Waals surface area (Å²) in [6, 6.07) is 10.9. The number of para-hydroxylation sites is 1. The maximum Gasteiger partial charge on any atom is 0.340 e. The third-order valence-corrected chi connectivity index (χ3v) is 3.66. The first-order valence-corrected chi connectivity index (χ1v) is 8.00. The van der Waals surface area contributed by atoms with Crippen molar-refractivity contribution < 1.29 is 14.3 Å². The van der Waals surface area contributed by atoms with Crippen LogP contribution >= 0.6 is 15.9 Å². The number of aromatic nitrogens is 1. The molecule has 1 aromatic heterocycles. The van der Waals surface area contributed by atoms with E-state index in [0.717, 1.165) is 5.69 Å². The van der Waals surface area contributed by atoms with Gasteiger partial charge in [-0.15, -0.1) is 0 Å². The fourth-order valence-electron chi connectivity index (χ4n) is 2.10. The Bertz CT molecular complexity index is 691. The summed E-state index contributed by atoms with van der Waals surface area (Å²) in [6.45, 7) is 3.93. The molecule has 0 spiro atoms. The maximum absolute atomic E-state index is 12.5. The number of amides is 1. The van der Waals surface area contributed by atoms with Crippen LogP contribution in [-0.4, -0.2) is 29.5 Å². The Morgan fingerprint density at radius 2 is 1.96 bits per heavy atom. The summed E-state index contributed by atoms with van der Waals surface area (Å²) in [4.78, 5) is 30.1. The van der Waals surface area contributed by atoms with Gasteiger partial charge in [-0.05, 0) is 48.0 Å². The van der Waals surface area contributed by atoms with Crippen LogP contribution in [0.4, 0.5) is 5.69 Å². The predicted molar refractivity (Wildman–Crippen MR) is 91.3 cm³/mol. The van der Waals surface area contributed by atoms with Gasteiger partial charge in [0.15, 0.2) is 6.10 Å². The second-order valence-corrected chi connectivity index (χ2v) is 5.77. The van der Waals surface area contributed by atoms with Crippen molar-refractivity contribution in [2.45, 2.75) is 20.0 Å². The molecule has 0 N–H and O–H groups in total. The average molecular weight is 377 g/mol. The summed E-state index contributed by atoms with van der Waals surface area (Å²) in [6.07, 6.45) is 2.08. The molecule has 5 nitrogen and oxygen atoms in total. The molecule has 0 bridgehead atoms. The number of rotatable bonds is 5. The minimum Gasteiger partial charge on any atom is -0.449 e. The van der Waals surface area contributed by atoms with Crippen molar-refractivity contribution in [1.82, 2.24) is 4.98 Å². The summed E-state index contributed by atoms with van der Waals surface area (Å²) >= 11 is 3.25. The van der Waals surface area contributed by atoms with Crippen LogP contribution in [0, 0.1) is 0 Å². The van der Waals surface area contributed by atoms with Crippen LogP contribution in [0.15, 0.2) is 53.3 Å². The van der Waals surface area contributed by atoms with Crippen LogP contribution in [0.3, 0.4) is 0 Å². The van der Waals surface area contributed by atoms with Gasteiger partial charge in [-0.3, -0.25) is 9.78 Å². The fourth-order valence-corrected chi connectivity index (χ4v) is 2.46. The van der Waals surface area contributed by atoms with Crippen molar-refractivity contribution in [3.8, 4) is 0 Å². The molecule has 0 aliphatic rings. The van der Waals surface area contributed by atoms with Crippen LogP contribution in [0.25, 0.3) is 0 Å². The molecule has 0 aliphatic heterocycles. The lowest BCUT2D eigenvalue weighted by molar-refractivity contribution is -0.126. The normalized spacial score (nSPS) is 11.6. The zero-order valence-corrected chi connectivity index (χ0v) is 14.5. The molecular weight excluding hydrogens is 360 g/mol. The summed E-state index contributed by atoms with van der Waals surface area (Å²) in [5.74, 6) is -0.848. The minimum absolute atomic E-state index is 0.269. The Labute approximate surface area is 143 Å². The number of pyridine rings is 1. The molecule has 1 aromatic carbocycles. The van der Waals surface area contributed by atoms with Crippen molar-refractivity contribution in [3.05, 3.63) is 58.8 Å². The molecule has 0 radical (unpaired) electrons. The quantitative estimate of drug-likeness (QED) is 0.749. The topological polar surface area (TPSA) is 59.5 Å². The molecule has 1 atom stereocenters. The van der Waals surface area contributed by atoms with E-state index < -0.39 is 12.1 Å². The number of nitrogens with zero attached hydrogens (tertiary/aromatic N) is 2. The van der Waals surface area contributed by atoms with Gasteiger partial charge in [0, 0.05) is 29.1 Å². The minimum atomic E-state index is -0.887. The van der Waals surface area contributed by atoms with Crippen LogP contribution in [0.2, 0.25) is 0 Å². The number of ether oxygens (including phenoxy) is 1. The Hall–Kier alpha value is -2.21. The third kappa shape index (κ3) is 4.39. The summed E-state index contributed by atoms with van der Waals surface area (Å²) in [7, 11) is 0. The standard InChI is InChI=1S/C17H17BrN2O3/c1-3-20(15-7-5-4-6-8-15)16(21)12(2)23-17(22)13-9-14(18)11-19-10-13/h4-12H,3H2,1-2H3/t12-/m1/s1. The van der Waals surface area contributed by atoms with Crippen LogP contribution in [0.1, 0.15) is 24.2 Å². The van der Waals surface area contributed by atoms with Gasteiger partial charge in [-0.2, -0.15) is 0 Å². The number of hydrogen-bond acceptors (Lipinski definition) is 4. The number of hydrogen-bond donors (Lipinski definition) is 0. The Morgan fingerprint density at radius 3 is 2.57 bits per heavy atom. The van der Waals surface area contributed by atoms with Crippen molar-refractivity contribution in [3.63, 3.8) is 0 Å². The van der Waals surface area contributed by atoms with Crippen molar-refractivity contribution in [2.75, 3.05) is 11.4 Å². The highest BCUT2D eigenvalue weighted by Crippen LogP contribution is 2.16. The van der Waals surface area contributed by atoms with E-state index in [1.807, 2.05) is 37.3 Å². The van der Waals surface area contributed by atoms with Gasteiger partial charge in [0.1, 0.15) is 0 Å². The molecule has 1 amide bonds. The molecule has 1 heterocycles. The Morgan fingerprint density at radius 1 is 1.26 bits per heavy atom. The SMILES string of the molecule is CCN(C(=O)[C@@H](C)OC(=O)c1cncc(Br)c1)c1ccccc1. The number of esters is 1. The number of carbonyl (C=O) groups excluding carboxylic acids is 2. The van der Waals surface area contributed by atoms with Gasteiger partial charge in [0.25, 0.3) is 5.91 Å². The lowest BCUT2D eigenvalue weighted by Gasteiger charge is -2.24. The van der Waals surface area contributed by atoms with E-state index in [2.05, 4.69) is 20.9 Å². The van der Waals surface area contributed by atoms with Gasteiger partial charge in [0.05, 0.1) is 5.56 Å². The molecule has 0 saturated heterocycles. The molecule has 0 saturated carbocycles. The van der Waals surface area contributed by atoms with Crippen LogP contribution in [0.5, 0.6) is 0 Å². The first-order chi connectivity index (χ1) is 11.0. The van der Waals surface area contributed by atoms with E-state index >= 15 is 0 Å². The number of carbonyl (C=O) groups is 2. The van der Waals surface area contributed by atoms with Crippen LogP contribution in [-0.2, 0) is 9.53 Å². The first-order valence-electron chi connectivity index (χ1n) is 7.21. The zero-order valence-electron chi connectivity index (χ0n) is 12.9. The van der Waals surface area contributed by atoms with Crippen molar-refractivity contribution in [1.29, 1.82) is 0 Å². The molecule has 2 aromatic rings. The van der Waals surface area contributed by atoms with Crippen LogP contribution < -0.4 is 4.90 Å². The van der Waals surface area contributed by atoms with Crippen molar-refractivity contribution in [2.24, 2.45) is 0 Å². The number of halogens is 1. The van der Waals surface area contributed by atoms with Gasteiger partial charge in [-0.1, -0.05) is 18.2 Å². The van der Waals surface area contributed by atoms with E-state index in [1.165, 1.54) is 6.20 Å². The van der Waals surface area contributed by atoms with E-state index in [1.54, 1.807) is 24.1 Å². The number of anilines is 1. The van der Waals surface area contributed by atoms with Crippen molar-refractivity contribution >= 4 is 33.5 Å². The molecule has 0 fully saturated rings. The largest absolute Gasteiger partial charge is 0.449 e. The van der Waals surface area contributed by atoms with E-state index in [0.29, 0.717) is 16.6 Å².